The fourth-order valence-electron chi connectivity index (χ4n) is 1.42. The molecule has 15 heavy (non-hydrogen) atoms. The number of benzene rings is 1. The molecule has 3 nitrogen and oxygen atoms in total. The molecule has 0 radical (unpaired) electrons. The Balaban J connectivity index is 1.99. The summed E-state index contributed by atoms with van der Waals surface area (Å²) in [4.78, 5) is 4.25. The Hall–Kier alpha value is -1.77. The fraction of sp³-hybridized carbons (Fsp3) is 0.250. The number of aryl methyl sites for hydroxylation is 2. The average molecular weight is 201 g/mol. The number of hydrogen-bond donors (Lipinski definition) is 1. The Kier molecular flexibility index (Phi) is 2.72. The van der Waals surface area contributed by atoms with E-state index in [0.717, 1.165) is 18.1 Å². The van der Waals surface area contributed by atoms with E-state index in [-0.39, 0.29) is 0 Å². The van der Waals surface area contributed by atoms with Gasteiger partial charge in [-0.2, -0.15) is 0 Å². The van der Waals surface area contributed by atoms with Gasteiger partial charge in [0.15, 0.2) is 0 Å². The Morgan fingerprint density at radius 3 is 2.60 bits per heavy atom. The SMILES string of the molecule is Cc1ccc(NCc2nccn2C)cc1. The molecule has 0 spiro atoms. The summed E-state index contributed by atoms with van der Waals surface area (Å²) in [6.45, 7) is 2.84. The van der Waals surface area contributed by atoms with Crippen LogP contribution in [0.15, 0.2) is 36.7 Å². The minimum absolute atomic E-state index is 0.757. The van der Waals surface area contributed by atoms with Gasteiger partial charge in [-0.15, -0.1) is 0 Å². The average Bonchev–Trinajstić information content (AvgIpc) is 2.63. The molecule has 0 saturated heterocycles. The topological polar surface area (TPSA) is 29.9 Å². The number of rotatable bonds is 3. The van der Waals surface area contributed by atoms with Gasteiger partial charge in [0.2, 0.25) is 0 Å². The lowest BCUT2D eigenvalue weighted by molar-refractivity contribution is 0.813. The zero-order valence-electron chi connectivity index (χ0n) is 9.07. The van der Waals surface area contributed by atoms with Crippen molar-refractivity contribution in [1.29, 1.82) is 0 Å². The van der Waals surface area contributed by atoms with Crippen molar-refractivity contribution in [3.05, 3.63) is 48.0 Å². The molecule has 1 N–H and O–H groups in total. The first-order chi connectivity index (χ1) is 7.25. The molecule has 78 valence electrons. The quantitative estimate of drug-likeness (QED) is 0.826. The summed E-state index contributed by atoms with van der Waals surface area (Å²) in [6, 6.07) is 8.36. The highest BCUT2D eigenvalue weighted by molar-refractivity contribution is 5.44. The van der Waals surface area contributed by atoms with E-state index in [0.29, 0.717) is 0 Å². The highest BCUT2D eigenvalue weighted by Crippen LogP contribution is 2.09. The van der Waals surface area contributed by atoms with E-state index in [2.05, 4.69) is 41.5 Å². The number of aromatic nitrogens is 2. The number of anilines is 1. The summed E-state index contributed by atoms with van der Waals surface area (Å²) in [6.07, 6.45) is 3.76. The first kappa shape index (κ1) is 9.77. The van der Waals surface area contributed by atoms with E-state index in [4.69, 9.17) is 0 Å². The Bertz CT molecular complexity index is 428. The molecule has 0 unspecified atom stereocenters. The maximum absolute atomic E-state index is 4.25. The van der Waals surface area contributed by atoms with Crippen molar-refractivity contribution in [3.8, 4) is 0 Å². The van der Waals surface area contributed by atoms with Crippen LogP contribution < -0.4 is 5.32 Å². The molecule has 3 heteroatoms. The van der Waals surface area contributed by atoms with E-state index in [9.17, 15) is 0 Å². The van der Waals surface area contributed by atoms with E-state index in [1.165, 1.54) is 5.56 Å². The molecule has 1 heterocycles. The van der Waals surface area contributed by atoms with Crippen LogP contribution in [0.25, 0.3) is 0 Å². The van der Waals surface area contributed by atoms with Crippen molar-refractivity contribution >= 4 is 5.69 Å². The van der Waals surface area contributed by atoms with Crippen LogP contribution in [0.2, 0.25) is 0 Å². The van der Waals surface area contributed by atoms with Gasteiger partial charge < -0.3 is 9.88 Å². The summed E-state index contributed by atoms with van der Waals surface area (Å²) in [5.41, 5.74) is 2.40. The van der Waals surface area contributed by atoms with Gasteiger partial charge in [-0.05, 0) is 19.1 Å². The molecular weight excluding hydrogens is 186 g/mol. The first-order valence-electron chi connectivity index (χ1n) is 5.02. The second-order valence-electron chi connectivity index (χ2n) is 3.67. The van der Waals surface area contributed by atoms with Crippen molar-refractivity contribution < 1.29 is 0 Å². The van der Waals surface area contributed by atoms with Crippen LogP contribution >= 0.6 is 0 Å². The van der Waals surface area contributed by atoms with E-state index in [1.54, 1.807) is 0 Å². The smallest absolute Gasteiger partial charge is 0.127 e. The predicted octanol–water partition coefficient (Wildman–Crippen LogP) is 2.34. The van der Waals surface area contributed by atoms with E-state index in [1.807, 2.05) is 24.0 Å². The van der Waals surface area contributed by atoms with Crippen molar-refractivity contribution in [2.45, 2.75) is 13.5 Å². The standard InChI is InChI=1S/C12H15N3/c1-10-3-5-11(6-4-10)14-9-12-13-7-8-15(12)2/h3-8,14H,9H2,1-2H3. The molecule has 0 aliphatic heterocycles. The van der Waals surface area contributed by atoms with Crippen LogP contribution in [-0.4, -0.2) is 9.55 Å². The number of nitrogens with zero attached hydrogens (tertiary/aromatic N) is 2. The molecule has 2 rings (SSSR count). The van der Waals surface area contributed by atoms with Crippen LogP contribution in [0.3, 0.4) is 0 Å². The van der Waals surface area contributed by atoms with Crippen molar-refractivity contribution in [2.75, 3.05) is 5.32 Å². The maximum atomic E-state index is 4.25. The lowest BCUT2D eigenvalue weighted by Gasteiger charge is -2.06. The summed E-state index contributed by atoms with van der Waals surface area (Å²) in [5.74, 6) is 1.04. The van der Waals surface area contributed by atoms with E-state index >= 15 is 0 Å². The van der Waals surface area contributed by atoms with Gasteiger partial charge in [0.05, 0.1) is 6.54 Å². The van der Waals surface area contributed by atoms with Crippen LogP contribution in [0.4, 0.5) is 5.69 Å². The van der Waals surface area contributed by atoms with Gasteiger partial charge in [0.1, 0.15) is 5.82 Å². The molecule has 0 atom stereocenters. The van der Waals surface area contributed by atoms with Crippen molar-refractivity contribution in [3.63, 3.8) is 0 Å². The van der Waals surface area contributed by atoms with E-state index < -0.39 is 0 Å². The van der Waals surface area contributed by atoms with Crippen LogP contribution in [0.1, 0.15) is 11.4 Å². The second-order valence-corrected chi connectivity index (χ2v) is 3.67. The Labute approximate surface area is 89.8 Å². The number of hydrogen-bond acceptors (Lipinski definition) is 2. The monoisotopic (exact) mass is 201 g/mol. The summed E-state index contributed by atoms with van der Waals surface area (Å²) in [5, 5.41) is 3.33. The number of nitrogens with one attached hydrogen (secondary N) is 1. The third-order valence-electron chi connectivity index (χ3n) is 2.42. The van der Waals surface area contributed by atoms with Gasteiger partial charge in [-0.3, -0.25) is 0 Å². The van der Waals surface area contributed by atoms with Gasteiger partial charge in [-0.25, -0.2) is 4.98 Å². The minimum atomic E-state index is 0.757. The van der Waals surface area contributed by atoms with Crippen molar-refractivity contribution in [1.82, 2.24) is 9.55 Å². The molecule has 2 aromatic rings. The normalized spacial score (nSPS) is 10.3. The molecule has 0 saturated carbocycles. The van der Waals surface area contributed by atoms with Gasteiger partial charge in [0, 0.05) is 25.1 Å². The molecule has 0 bridgehead atoms. The molecule has 1 aromatic carbocycles. The second kappa shape index (κ2) is 4.17. The zero-order valence-corrected chi connectivity index (χ0v) is 9.07. The van der Waals surface area contributed by atoms with Crippen LogP contribution in [-0.2, 0) is 13.6 Å². The van der Waals surface area contributed by atoms with Gasteiger partial charge >= 0.3 is 0 Å². The molecule has 0 aliphatic rings. The summed E-state index contributed by atoms with van der Waals surface area (Å²) >= 11 is 0. The Morgan fingerprint density at radius 2 is 2.00 bits per heavy atom. The van der Waals surface area contributed by atoms with Gasteiger partial charge in [-0.1, -0.05) is 17.7 Å². The van der Waals surface area contributed by atoms with Crippen LogP contribution in [0, 0.1) is 6.92 Å². The molecule has 0 amide bonds. The highest BCUT2D eigenvalue weighted by Gasteiger charge is 1.98. The lowest BCUT2D eigenvalue weighted by atomic mass is 10.2. The summed E-state index contributed by atoms with van der Waals surface area (Å²) < 4.78 is 2.02. The zero-order chi connectivity index (χ0) is 10.7. The first-order valence-corrected chi connectivity index (χ1v) is 5.02. The highest BCUT2D eigenvalue weighted by atomic mass is 15.1. The maximum Gasteiger partial charge on any atom is 0.127 e. The van der Waals surface area contributed by atoms with Gasteiger partial charge in [0.25, 0.3) is 0 Å². The molecule has 1 aromatic heterocycles. The minimum Gasteiger partial charge on any atom is -0.378 e. The Morgan fingerprint density at radius 1 is 1.27 bits per heavy atom. The molecule has 0 aliphatic carbocycles. The van der Waals surface area contributed by atoms with Crippen molar-refractivity contribution in [2.24, 2.45) is 7.05 Å². The molecule has 0 fully saturated rings. The fourth-order valence-corrected chi connectivity index (χ4v) is 1.42. The third kappa shape index (κ3) is 2.37. The third-order valence-corrected chi connectivity index (χ3v) is 2.42. The van der Waals surface area contributed by atoms with Crippen LogP contribution in [0.5, 0.6) is 0 Å². The summed E-state index contributed by atoms with van der Waals surface area (Å²) in [7, 11) is 2.00. The number of imidazole rings is 1. The predicted molar refractivity (Wildman–Crippen MR) is 61.7 cm³/mol. The largest absolute Gasteiger partial charge is 0.378 e. The molecular formula is C12H15N3. The lowest BCUT2D eigenvalue weighted by Crippen LogP contribution is -2.05.